The van der Waals surface area contributed by atoms with E-state index in [1.54, 1.807) is 30.3 Å². The number of nitrogens with zero attached hydrogens (tertiary/aromatic N) is 2. The molecule has 2 aromatic rings. The summed E-state index contributed by atoms with van der Waals surface area (Å²) in [4.78, 5) is 14.8. The highest BCUT2D eigenvalue weighted by molar-refractivity contribution is 7.92. The number of benzene rings is 1. The van der Waals surface area contributed by atoms with Crippen LogP contribution in [0.4, 0.5) is 10.7 Å². The van der Waals surface area contributed by atoms with Crippen molar-refractivity contribution < 1.29 is 18.3 Å². The second-order valence-electron chi connectivity index (χ2n) is 3.67. The molecule has 0 amide bonds. The topological polar surface area (TPSA) is 87.6 Å². The molecule has 0 unspecified atom stereocenters. The highest BCUT2D eigenvalue weighted by atomic mass is 32.2. The first kappa shape index (κ1) is 13.5. The van der Waals surface area contributed by atoms with Gasteiger partial charge in [-0.05, 0) is 12.1 Å². The van der Waals surface area contributed by atoms with Crippen molar-refractivity contribution in [2.45, 2.75) is 0 Å². The molecular weight excluding hydrogens is 288 g/mol. The van der Waals surface area contributed by atoms with Gasteiger partial charge in [0, 0.05) is 0 Å². The highest BCUT2D eigenvalue weighted by Gasteiger charge is 2.27. The lowest BCUT2D eigenvalue weighted by Gasteiger charge is -2.20. The monoisotopic (exact) mass is 298 g/mol. The molecule has 8 heteroatoms. The van der Waals surface area contributed by atoms with E-state index < -0.39 is 16.0 Å². The zero-order valence-electron chi connectivity index (χ0n) is 9.85. The van der Waals surface area contributed by atoms with Crippen molar-refractivity contribution in [3.05, 3.63) is 41.5 Å². The fraction of sp³-hybridized carbons (Fsp3) is 0.0909. The van der Waals surface area contributed by atoms with Gasteiger partial charge in [-0.25, -0.2) is 22.5 Å². The normalized spacial score (nSPS) is 11.2. The van der Waals surface area contributed by atoms with E-state index in [1.165, 1.54) is 5.51 Å². The van der Waals surface area contributed by atoms with E-state index in [0.717, 1.165) is 21.9 Å². The first-order chi connectivity index (χ1) is 8.91. The summed E-state index contributed by atoms with van der Waals surface area (Å²) >= 11 is 0.963. The summed E-state index contributed by atoms with van der Waals surface area (Å²) in [5, 5.41) is 9.11. The zero-order chi connectivity index (χ0) is 14.0. The lowest BCUT2D eigenvalue weighted by Crippen LogP contribution is -2.25. The predicted molar refractivity (Wildman–Crippen MR) is 72.5 cm³/mol. The quantitative estimate of drug-likeness (QED) is 0.932. The first-order valence-corrected chi connectivity index (χ1v) is 7.86. The predicted octanol–water partition coefficient (Wildman–Crippen LogP) is 1.94. The molecule has 19 heavy (non-hydrogen) atoms. The van der Waals surface area contributed by atoms with Crippen LogP contribution >= 0.6 is 11.3 Å². The molecule has 0 aliphatic rings. The fourth-order valence-corrected chi connectivity index (χ4v) is 3.69. The van der Waals surface area contributed by atoms with E-state index >= 15 is 0 Å². The van der Waals surface area contributed by atoms with Gasteiger partial charge in [0.1, 0.15) is 5.00 Å². The number of thiazole rings is 1. The third kappa shape index (κ3) is 2.74. The van der Waals surface area contributed by atoms with Crippen molar-refractivity contribution in [3.8, 4) is 0 Å². The van der Waals surface area contributed by atoms with Crippen LogP contribution in [0, 0.1) is 0 Å². The van der Waals surface area contributed by atoms with E-state index in [0.29, 0.717) is 5.69 Å². The Hall–Kier alpha value is -1.93. The van der Waals surface area contributed by atoms with Gasteiger partial charge in [0.2, 0.25) is 10.0 Å². The summed E-state index contributed by atoms with van der Waals surface area (Å²) in [6, 6.07) is 8.28. The molecule has 1 heterocycles. The van der Waals surface area contributed by atoms with Crippen molar-refractivity contribution >= 4 is 38.0 Å². The minimum atomic E-state index is -3.66. The van der Waals surface area contributed by atoms with Gasteiger partial charge in [0.25, 0.3) is 0 Å². The Morgan fingerprint density at radius 2 is 1.95 bits per heavy atom. The maximum Gasteiger partial charge on any atom is 0.357 e. The van der Waals surface area contributed by atoms with Crippen LogP contribution in [0.3, 0.4) is 0 Å². The number of carbonyl (C=O) groups is 1. The smallest absolute Gasteiger partial charge is 0.357 e. The van der Waals surface area contributed by atoms with Crippen LogP contribution in [-0.2, 0) is 10.0 Å². The molecular formula is C11H10N2O4S2. The number of aromatic nitrogens is 1. The van der Waals surface area contributed by atoms with Gasteiger partial charge < -0.3 is 5.11 Å². The molecule has 0 saturated heterocycles. The number of rotatable bonds is 4. The second-order valence-corrected chi connectivity index (χ2v) is 6.34. The standard InChI is InChI=1S/C11H10N2O4S2/c1-19(16,17)13(8-5-3-2-4-6-8)10-9(11(14)15)12-7-18-10/h2-7H,1H3,(H,14,15). The molecule has 1 aromatic heterocycles. The Kier molecular flexibility index (Phi) is 3.54. The number of hydrogen-bond acceptors (Lipinski definition) is 5. The Bertz CT molecular complexity index is 694. The van der Waals surface area contributed by atoms with Crippen LogP contribution in [0.25, 0.3) is 0 Å². The van der Waals surface area contributed by atoms with Crippen molar-refractivity contribution in [3.63, 3.8) is 0 Å². The van der Waals surface area contributed by atoms with Crippen LogP contribution in [0.15, 0.2) is 35.8 Å². The Morgan fingerprint density at radius 3 is 2.47 bits per heavy atom. The van der Waals surface area contributed by atoms with Gasteiger partial charge in [-0.1, -0.05) is 18.2 Å². The molecule has 100 valence electrons. The van der Waals surface area contributed by atoms with E-state index in [1.807, 2.05) is 0 Å². The molecule has 2 rings (SSSR count). The number of anilines is 2. The summed E-state index contributed by atoms with van der Waals surface area (Å²) in [6.07, 6.45) is 1.02. The van der Waals surface area contributed by atoms with Crippen LogP contribution in [-0.4, -0.2) is 30.7 Å². The van der Waals surface area contributed by atoms with Gasteiger partial charge in [-0.3, -0.25) is 0 Å². The van der Waals surface area contributed by atoms with E-state index in [9.17, 15) is 13.2 Å². The van der Waals surface area contributed by atoms with E-state index in [-0.39, 0.29) is 10.7 Å². The number of para-hydroxylation sites is 1. The fourth-order valence-electron chi connectivity index (χ4n) is 1.55. The van der Waals surface area contributed by atoms with E-state index in [4.69, 9.17) is 5.11 Å². The first-order valence-electron chi connectivity index (χ1n) is 5.13. The Balaban J connectivity index is 2.64. The van der Waals surface area contributed by atoms with Crippen LogP contribution in [0.5, 0.6) is 0 Å². The van der Waals surface area contributed by atoms with Crippen LogP contribution in [0.1, 0.15) is 10.5 Å². The molecule has 0 aliphatic carbocycles. The number of hydrogen-bond donors (Lipinski definition) is 1. The van der Waals surface area contributed by atoms with E-state index in [2.05, 4.69) is 4.98 Å². The van der Waals surface area contributed by atoms with Gasteiger partial charge in [-0.15, -0.1) is 11.3 Å². The third-order valence-corrected chi connectivity index (χ3v) is 4.24. The van der Waals surface area contributed by atoms with Gasteiger partial charge >= 0.3 is 5.97 Å². The molecule has 0 saturated carbocycles. The molecule has 1 aromatic carbocycles. The lowest BCUT2D eigenvalue weighted by atomic mass is 10.3. The average molecular weight is 298 g/mol. The van der Waals surface area contributed by atoms with Crippen molar-refractivity contribution in [2.24, 2.45) is 0 Å². The van der Waals surface area contributed by atoms with Crippen LogP contribution < -0.4 is 4.31 Å². The molecule has 6 nitrogen and oxygen atoms in total. The summed E-state index contributed by atoms with van der Waals surface area (Å²) in [7, 11) is -3.66. The molecule has 1 N–H and O–H groups in total. The maximum atomic E-state index is 11.9. The third-order valence-electron chi connectivity index (χ3n) is 2.26. The lowest BCUT2D eigenvalue weighted by molar-refractivity contribution is 0.0692. The summed E-state index contributed by atoms with van der Waals surface area (Å²) in [5.74, 6) is -1.26. The van der Waals surface area contributed by atoms with Crippen molar-refractivity contribution in [2.75, 3.05) is 10.6 Å². The number of sulfonamides is 1. The minimum Gasteiger partial charge on any atom is -0.476 e. The van der Waals surface area contributed by atoms with Crippen LogP contribution in [0.2, 0.25) is 0 Å². The zero-order valence-corrected chi connectivity index (χ0v) is 11.5. The maximum absolute atomic E-state index is 11.9. The largest absolute Gasteiger partial charge is 0.476 e. The molecule has 0 bridgehead atoms. The second kappa shape index (κ2) is 4.98. The number of carboxylic acids is 1. The minimum absolute atomic E-state index is 0.0706. The molecule has 0 spiro atoms. The number of carboxylic acid groups (broad SMARTS) is 1. The summed E-state index contributed by atoms with van der Waals surface area (Å²) < 4.78 is 24.8. The Labute approximate surface area is 114 Å². The molecule has 0 radical (unpaired) electrons. The highest BCUT2D eigenvalue weighted by Crippen LogP contribution is 2.34. The van der Waals surface area contributed by atoms with Gasteiger partial charge in [0.05, 0.1) is 17.5 Å². The van der Waals surface area contributed by atoms with Crippen molar-refractivity contribution in [1.82, 2.24) is 4.98 Å². The SMILES string of the molecule is CS(=O)(=O)N(c1ccccc1)c1scnc1C(=O)O. The summed E-state index contributed by atoms with van der Waals surface area (Å²) in [5.41, 5.74) is 1.40. The molecule has 0 fully saturated rings. The van der Waals surface area contributed by atoms with Crippen molar-refractivity contribution in [1.29, 1.82) is 0 Å². The number of aromatic carboxylic acids is 1. The molecule has 0 atom stereocenters. The average Bonchev–Trinajstić information content (AvgIpc) is 2.77. The Morgan fingerprint density at radius 1 is 1.32 bits per heavy atom. The van der Waals surface area contributed by atoms with Gasteiger partial charge in [-0.2, -0.15) is 0 Å². The molecule has 0 aliphatic heterocycles. The van der Waals surface area contributed by atoms with Gasteiger partial charge in [0.15, 0.2) is 5.69 Å². The summed E-state index contributed by atoms with van der Waals surface area (Å²) in [6.45, 7) is 0.